The summed E-state index contributed by atoms with van der Waals surface area (Å²) in [7, 11) is 0. The van der Waals surface area contributed by atoms with Crippen LogP contribution in [0.4, 0.5) is 0 Å². The van der Waals surface area contributed by atoms with E-state index in [1.54, 1.807) is 0 Å². The molecule has 0 rings (SSSR count). The Labute approximate surface area is 59.1 Å². The van der Waals surface area contributed by atoms with E-state index in [1.807, 2.05) is 0 Å². The molecule has 1 radical (unpaired) electrons. The molecule has 0 aliphatic rings. The number of hydrogen-bond donors (Lipinski definition) is 0. The number of hydrogen-bond acceptors (Lipinski definition) is 0. The van der Waals surface area contributed by atoms with Gasteiger partial charge < -0.3 is 0 Å². The molecule has 1 atom stereocenters. The van der Waals surface area contributed by atoms with E-state index < -0.39 is 0 Å². The van der Waals surface area contributed by atoms with Crippen molar-refractivity contribution in [1.29, 1.82) is 0 Å². The van der Waals surface area contributed by atoms with E-state index in [2.05, 4.69) is 0 Å². The molecule has 39 valence electrons. The fourth-order valence-corrected chi connectivity index (χ4v) is 0. The van der Waals surface area contributed by atoms with Crippen LogP contribution in [0.5, 0.6) is 0 Å². The maximum Gasteiger partial charge on any atom is 0 e. The van der Waals surface area contributed by atoms with Crippen molar-refractivity contribution in [1.82, 2.24) is 0 Å². The average molecular weight is 171 g/mol. The Kier molecular flexibility index (Phi) is 844. The maximum absolute atomic E-state index is 0. The Bertz CT molecular complexity index is 11.6. The van der Waals surface area contributed by atoms with Gasteiger partial charge in [0, 0.05) is 17.1 Å². The molecule has 0 bridgehead atoms. The predicted molar refractivity (Wildman–Crippen MR) is 39.6 cm³/mol. The summed E-state index contributed by atoms with van der Waals surface area (Å²) in [6.07, 6.45) is 0. The summed E-state index contributed by atoms with van der Waals surface area (Å²) in [4.78, 5) is 0. The summed E-state index contributed by atoms with van der Waals surface area (Å²) < 4.78 is 0. The zero-order valence-corrected chi connectivity index (χ0v) is 5.18. The second kappa shape index (κ2) is 48.9. The summed E-state index contributed by atoms with van der Waals surface area (Å²) >= 11 is 0. The molecule has 0 nitrogen and oxygen atoms in total. The third-order valence-corrected chi connectivity index (χ3v) is 0. The molecular formula is CH13MnPSSi. The molecule has 0 aromatic rings. The van der Waals surface area contributed by atoms with Crippen molar-refractivity contribution in [2.24, 2.45) is 0 Å². The normalized spacial score (nSPS) is 0. The van der Waals surface area contributed by atoms with Gasteiger partial charge in [0.1, 0.15) is 0 Å². The van der Waals surface area contributed by atoms with Crippen LogP contribution in [-0.2, 0) is 17.1 Å². The first-order chi connectivity index (χ1) is 0. The molecule has 0 spiro atoms. The maximum atomic E-state index is 0. The fraction of sp³-hybridized carbons (Fsp3) is 1.00. The van der Waals surface area contributed by atoms with Crippen molar-refractivity contribution in [2.75, 3.05) is 0 Å². The van der Waals surface area contributed by atoms with Gasteiger partial charge in [-0.1, -0.05) is 7.43 Å². The summed E-state index contributed by atoms with van der Waals surface area (Å²) in [6, 6.07) is 0. The van der Waals surface area contributed by atoms with E-state index in [9.17, 15) is 0 Å². The Balaban J connectivity index is 0. The number of rotatable bonds is 0. The Morgan fingerprint density at radius 3 is 1.00 bits per heavy atom. The van der Waals surface area contributed by atoms with Gasteiger partial charge in [0.25, 0.3) is 0 Å². The smallest absolute Gasteiger partial charge is 0 e. The van der Waals surface area contributed by atoms with E-state index in [0.29, 0.717) is 0 Å². The van der Waals surface area contributed by atoms with Gasteiger partial charge in [0.2, 0.25) is 0 Å². The quantitative estimate of drug-likeness (QED) is 0.336. The van der Waals surface area contributed by atoms with Crippen molar-refractivity contribution in [3.05, 3.63) is 0 Å². The molecule has 5 heavy (non-hydrogen) atoms. The Morgan fingerprint density at radius 1 is 1.00 bits per heavy atom. The van der Waals surface area contributed by atoms with Crippen molar-refractivity contribution in [3.8, 4) is 0 Å². The van der Waals surface area contributed by atoms with E-state index in [1.165, 1.54) is 0 Å². The largest absolute Gasteiger partial charge is 0.197 e. The molecule has 0 saturated carbocycles. The first kappa shape index (κ1) is 86.2. The standard InChI is InChI=1S/CH4.Mn.H3P.H2S.H4Si/h1H4;;1H3;1H2;1H4. The average Bonchev–Trinajstić information content (AvgIpc) is 0. The van der Waals surface area contributed by atoms with E-state index in [4.69, 9.17) is 0 Å². The van der Waals surface area contributed by atoms with Gasteiger partial charge in [-0.15, -0.1) is 0 Å². The molecule has 0 saturated heterocycles. The summed E-state index contributed by atoms with van der Waals surface area (Å²) in [5.41, 5.74) is 0. The van der Waals surface area contributed by atoms with Gasteiger partial charge in [-0.3, -0.25) is 0 Å². The second-order valence-electron chi connectivity index (χ2n) is 0. The third kappa shape index (κ3) is 29.7. The van der Waals surface area contributed by atoms with Crippen LogP contribution in [0.1, 0.15) is 7.43 Å². The van der Waals surface area contributed by atoms with Crippen molar-refractivity contribution in [3.63, 3.8) is 0 Å². The van der Waals surface area contributed by atoms with Crippen LogP contribution in [0.25, 0.3) is 0 Å². The molecule has 0 heterocycles. The molecule has 0 N–H and O–H groups in total. The van der Waals surface area contributed by atoms with Gasteiger partial charge in [-0.05, 0) is 11.0 Å². The molecular weight excluding hydrogens is 158 g/mol. The molecule has 0 aliphatic carbocycles. The van der Waals surface area contributed by atoms with Crippen LogP contribution in [0.3, 0.4) is 0 Å². The third-order valence-electron chi connectivity index (χ3n) is 0. The van der Waals surface area contributed by atoms with Gasteiger partial charge in [0.05, 0.1) is 0 Å². The second-order valence-corrected chi connectivity index (χ2v) is 0. The predicted octanol–water partition coefficient (Wildman–Crippen LogP) is -0.647. The molecule has 4 heteroatoms. The van der Waals surface area contributed by atoms with Crippen LogP contribution in [0, 0.1) is 0 Å². The molecule has 1 unspecified atom stereocenters. The molecule has 0 fully saturated rings. The minimum absolute atomic E-state index is 0. The van der Waals surface area contributed by atoms with Crippen molar-refractivity contribution < 1.29 is 17.1 Å². The fourth-order valence-electron chi connectivity index (χ4n) is 0. The minimum Gasteiger partial charge on any atom is -0.197 e. The van der Waals surface area contributed by atoms with Gasteiger partial charge in [-0.25, -0.2) is 0 Å². The summed E-state index contributed by atoms with van der Waals surface area (Å²) in [5.74, 6) is 0. The van der Waals surface area contributed by atoms with Crippen LogP contribution in [0.2, 0.25) is 0 Å². The van der Waals surface area contributed by atoms with E-state index >= 15 is 0 Å². The van der Waals surface area contributed by atoms with Gasteiger partial charge in [-0.2, -0.15) is 23.4 Å². The van der Waals surface area contributed by atoms with Crippen LogP contribution >= 0.6 is 23.4 Å². The van der Waals surface area contributed by atoms with E-state index in [-0.39, 0.29) is 58.9 Å². The zero-order valence-electron chi connectivity index (χ0n) is 1.59. The first-order valence-corrected chi connectivity index (χ1v) is 0. The van der Waals surface area contributed by atoms with Crippen molar-refractivity contribution >= 4 is 34.4 Å². The molecule has 0 amide bonds. The minimum atomic E-state index is 0. The molecule has 0 aromatic carbocycles. The van der Waals surface area contributed by atoms with Crippen LogP contribution < -0.4 is 0 Å². The van der Waals surface area contributed by atoms with Crippen molar-refractivity contribution in [2.45, 2.75) is 7.43 Å². The molecule has 0 aromatic heterocycles. The SMILES string of the molecule is C.P.S.[Mn].[SiH4]. The van der Waals surface area contributed by atoms with Crippen LogP contribution in [-0.4, -0.2) is 11.0 Å². The van der Waals surface area contributed by atoms with Gasteiger partial charge in [0.15, 0.2) is 0 Å². The van der Waals surface area contributed by atoms with E-state index in [0.717, 1.165) is 0 Å². The zero-order chi connectivity index (χ0) is 0. The topological polar surface area (TPSA) is 0 Å². The Morgan fingerprint density at radius 2 is 1.00 bits per heavy atom. The first-order valence-electron chi connectivity index (χ1n) is 0. The monoisotopic (exact) mass is 171 g/mol. The summed E-state index contributed by atoms with van der Waals surface area (Å²) in [5, 5.41) is 0. The van der Waals surface area contributed by atoms with Gasteiger partial charge >= 0.3 is 0 Å². The Hall–Kier alpha value is 1.52. The summed E-state index contributed by atoms with van der Waals surface area (Å²) in [6.45, 7) is 0. The molecule has 0 aliphatic heterocycles. The van der Waals surface area contributed by atoms with Crippen LogP contribution in [0.15, 0.2) is 0 Å².